The van der Waals surface area contributed by atoms with E-state index in [2.05, 4.69) is 22.4 Å². The van der Waals surface area contributed by atoms with E-state index in [1.807, 2.05) is 53.9 Å². The van der Waals surface area contributed by atoms with Crippen LogP contribution in [0.25, 0.3) is 10.6 Å². The lowest BCUT2D eigenvalue weighted by molar-refractivity contribution is -0.0272. The van der Waals surface area contributed by atoms with Crippen molar-refractivity contribution in [2.75, 3.05) is 13.2 Å². The van der Waals surface area contributed by atoms with Crippen LogP contribution in [0, 0.1) is 5.92 Å². The summed E-state index contributed by atoms with van der Waals surface area (Å²) >= 11 is 1.49. The molecule has 1 N–H and O–H groups in total. The smallest absolute Gasteiger partial charge is 0.270 e. The molecule has 2 heterocycles. The monoisotopic (exact) mass is 378 g/mol. The maximum atomic E-state index is 12.6. The summed E-state index contributed by atoms with van der Waals surface area (Å²) in [5, 5.41) is 5.75. The second-order valence-electron chi connectivity index (χ2n) is 6.72. The Balaban J connectivity index is 1.40. The van der Waals surface area contributed by atoms with Crippen molar-refractivity contribution in [1.82, 2.24) is 10.3 Å². The summed E-state index contributed by atoms with van der Waals surface area (Å²) in [7, 11) is 0. The van der Waals surface area contributed by atoms with Gasteiger partial charge in [-0.15, -0.1) is 11.3 Å². The van der Waals surface area contributed by atoms with Crippen LogP contribution < -0.4 is 5.32 Å². The van der Waals surface area contributed by atoms with Crippen molar-refractivity contribution in [2.45, 2.75) is 18.9 Å². The number of benzene rings is 2. The molecule has 4 rings (SSSR count). The molecule has 0 radical (unpaired) electrons. The van der Waals surface area contributed by atoms with Crippen LogP contribution in [0.3, 0.4) is 0 Å². The zero-order valence-corrected chi connectivity index (χ0v) is 15.8. The topological polar surface area (TPSA) is 51.2 Å². The van der Waals surface area contributed by atoms with Crippen LogP contribution in [-0.2, 0) is 4.74 Å². The van der Waals surface area contributed by atoms with Crippen LogP contribution in [0.2, 0.25) is 0 Å². The van der Waals surface area contributed by atoms with Gasteiger partial charge in [0.1, 0.15) is 10.7 Å². The fourth-order valence-corrected chi connectivity index (χ4v) is 4.28. The van der Waals surface area contributed by atoms with E-state index in [1.54, 1.807) is 0 Å². The van der Waals surface area contributed by atoms with E-state index >= 15 is 0 Å². The Hall–Kier alpha value is -2.50. The molecule has 0 bridgehead atoms. The van der Waals surface area contributed by atoms with Gasteiger partial charge in [0, 0.05) is 30.0 Å². The second kappa shape index (κ2) is 8.46. The van der Waals surface area contributed by atoms with Crippen LogP contribution in [0.5, 0.6) is 0 Å². The largest absolute Gasteiger partial charge is 0.373 e. The molecule has 1 saturated heterocycles. The van der Waals surface area contributed by atoms with Gasteiger partial charge in [-0.3, -0.25) is 4.79 Å². The third kappa shape index (κ3) is 4.26. The number of amides is 1. The van der Waals surface area contributed by atoms with Crippen molar-refractivity contribution in [1.29, 1.82) is 0 Å². The molecule has 2 atom stereocenters. The first-order valence-electron chi connectivity index (χ1n) is 9.27. The van der Waals surface area contributed by atoms with E-state index in [1.165, 1.54) is 16.9 Å². The Bertz CT molecular complexity index is 880. The average Bonchev–Trinajstić information content (AvgIpc) is 3.24. The van der Waals surface area contributed by atoms with Crippen LogP contribution in [-0.4, -0.2) is 24.0 Å². The van der Waals surface area contributed by atoms with Gasteiger partial charge >= 0.3 is 0 Å². The molecule has 138 valence electrons. The van der Waals surface area contributed by atoms with Crippen molar-refractivity contribution in [3.63, 3.8) is 0 Å². The third-order valence-corrected chi connectivity index (χ3v) is 5.75. The van der Waals surface area contributed by atoms with Crippen molar-refractivity contribution in [3.05, 3.63) is 77.3 Å². The molecule has 5 heteroatoms. The van der Waals surface area contributed by atoms with Crippen molar-refractivity contribution >= 4 is 17.2 Å². The number of nitrogens with one attached hydrogen (secondary N) is 1. The highest BCUT2D eigenvalue weighted by atomic mass is 32.1. The summed E-state index contributed by atoms with van der Waals surface area (Å²) in [6, 6.07) is 20.2. The third-order valence-electron chi connectivity index (χ3n) is 4.86. The summed E-state index contributed by atoms with van der Waals surface area (Å²) in [5.74, 6) is 0.156. The first kappa shape index (κ1) is 17.9. The zero-order chi connectivity index (χ0) is 18.5. The Morgan fingerprint density at radius 1 is 1.11 bits per heavy atom. The minimum Gasteiger partial charge on any atom is -0.373 e. The molecule has 3 aromatic rings. The molecule has 1 fully saturated rings. The van der Waals surface area contributed by atoms with Crippen molar-refractivity contribution < 1.29 is 9.53 Å². The molecule has 2 aromatic carbocycles. The van der Waals surface area contributed by atoms with Gasteiger partial charge in [0.25, 0.3) is 5.91 Å². The molecular weight excluding hydrogens is 356 g/mol. The number of aromatic nitrogens is 1. The van der Waals surface area contributed by atoms with E-state index in [0.717, 1.165) is 30.0 Å². The van der Waals surface area contributed by atoms with E-state index in [0.29, 0.717) is 12.2 Å². The Kier molecular flexibility index (Phi) is 5.61. The number of hydrogen-bond acceptors (Lipinski definition) is 4. The molecule has 0 spiro atoms. The highest BCUT2D eigenvalue weighted by molar-refractivity contribution is 7.13. The maximum absolute atomic E-state index is 12.6. The number of carbonyl (C=O) groups is 1. The Labute approximate surface area is 163 Å². The standard InChI is InChI=1S/C22H22N2O2S/c25-21(19-15-27-22(24-19)17-10-5-2-6-11-17)23-14-18-12-7-13-26-20(18)16-8-3-1-4-9-16/h1-6,8-11,15,18,20H,7,12-14H2,(H,23,25)/t18-,20-/m1/s1. The minimum atomic E-state index is -0.120. The summed E-state index contributed by atoms with van der Waals surface area (Å²) in [6.45, 7) is 1.37. The molecule has 0 aliphatic carbocycles. The number of rotatable bonds is 5. The van der Waals surface area contributed by atoms with Crippen molar-refractivity contribution in [3.8, 4) is 10.6 Å². The maximum Gasteiger partial charge on any atom is 0.270 e. The van der Waals surface area contributed by atoms with Crippen LogP contribution in [0.1, 0.15) is 35.0 Å². The van der Waals surface area contributed by atoms with Gasteiger partial charge in [-0.25, -0.2) is 4.98 Å². The number of ether oxygens (including phenoxy) is 1. The SMILES string of the molecule is O=C(NC[C@H]1CCCO[C@@H]1c1ccccc1)c1csc(-c2ccccc2)n1. The van der Waals surface area contributed by atoms with E-state index in [4.69, 9.17) is 4.74 Å². The van der Waals surface area contributed by atoms with Gasteiger partial charge in [-0.05, 0) is 18.4 Å². The number of thiazole rings is 1. The van der Waals surface area contributed by atoms with E-state index in [-0.39, 0.29) is 17.9 Å². The molecule has 0 unspecified atom stereocenters. The summed E-state index contributed by atoms with van der Waals surface area (Å²) in [5.41, 5.74) is 2.69. The molecular formula is C22H22N2O2S. The fourth-order valence-electron chi connectivity index (χ4n) is 3.47. The van der Waals surface area contributed by atoms with Gasteiger partial charge in [0.2, 0.25) is 0 Å². The average molecular weight is 378 g/mol. The molecule has 1 aromatic heterocycles. The number of hydrogen-bond donors (Lipinski definition) is 1. The molecule has 4 nitrogen and oxygen atoms in total. The fraction of sp³-hybridized carbons (Fsp3) is 0.273. The normalized spacial score (nSPS) is 19.6. The quantitative estimate of drug-likeness (QED) is 0.700. The molecule has 1 aliphatic heterocycles. The Morgan fingerprint density at radius 2 is 1.85 bits per heavy atom. The summed E-state index contributed by atoms with van der Waals surface area (Å²) < 4.78 is 6.01. The molecule has 0 saturated carbocycles. The summed E-state index contributed by atoms with van der Waals surface area (Å²) in [4.78, 5) is 17.1. The van der Waals surface area contributed by atoms with Gasteiger partial charge in [0.15, 0.2) is 0 Å². The lowest BCUT2D eigenvalue weighted by Gasteiger charge is -2.32. The van der Waals surface area contributed by atoms with Crippen LogP contribution >= 0.6 is 11.3 Å². The highest BCUT2D eigenvalue weighted by Crippen LogP contribution is 2.33. The molecule has 1 aliphatic rings. The predicted octanol–water partition coefficient (Wildman–Crippen LogP) is 4.71. The minimum absolute atomic E-state index is 0.0376. The lowest BCUT2D eigenvalue weighted by Crippen LogP contribution is -2.35. The van der Waals surface area contributed by atoms with E-state index in [9.17, 15) is 4.79 Å². The molecule has 1 amide bonds. The lowest BCUT2D eigenvalue weighted by atomic mass is 9.89. The second-order valence-corrected chi connectivity index (χ2v) is 7.58. The van der Waals surface area contributed by atoms with Crippen molar-refractivity contribution in [2.24, 2.45) is 5.92 Å². The summed E-state index contributed by atoms with van der Waals surface area (Å²) in [6.07, 6.45) is 2.11. The number of nitrogens with zero attached hydrogens (tertiary/aromatic N) is 1. The van der Waals surface area contributed by atoms with Crippen LogP contribution in [0.15, 0.2) is 66.0 Å². The van der Waals surface area contributed by atoms with Gasteiger partial charge < -0.3 is 10.1 Å². The zero-order valence-electron chi connectivity index (χ0n) is 15.0. The van der Waals surface area contributed by atoms with Gasteiger partial charge in [0.05, 0.1) is 6.10 Å². The molecule has 27 heavy (non-hydrogen) atoms. The number of carbonyl (C=O) groups excluding carboxylic acids is 1. The van der Waals surface area contributed by atoms with Gasteiger partial charge in [-0.1, -0.05) is 60.7 Å². The predicted molar refractivity (Wildman–Crippen MR) is 108 cm³/mol. The highest BCUT2D eigenvalue weighted by Gasteiger charge is 2.28. The first-order valence-corrected chi connectivity index (χ1v) is 10.1. The van der Waals surface area contributed by atoms with E-state index < -0.39 is 0 Å². The van der Waals surface area contributed by atoms with Crippen LogP contribution in [0.4, 0.5) is 0 Å². The van der Waals surface area contributed by atoms with Gasteiger partial charge in [-0.2, -0.15) is 0 Å². The Morgan fingerprint density at radius 3 is 2.63 bits per heavy atom. The first-order chi connectivity index (χ1) is 13.3.